The van der Waals surface area contributed by atoms with Crippen LogP contribution >= 0.6 is 23.2 Å². The van der Waals surface area contributed by atoms with Crippen molar-refractivity contribution >= 4 is 45.1 Å². The first-order valence-corrected chi connectivity index (χ1v) is 11.7. The molecule has 1 aromatic carbocycles. The first-order valence-electron chi connectivity index (χ1n) is 9.52. The lowest BCUT2D eigenvalue weighted by Crippen LogP contribution is -2.44. The van der Waals surface area contributed by atoms with Gasteiger partial charge >= 0.3 is 5.97 Å². The standard InChI is InChI=1S/C19H26Cl2N2O6S/c1-12(2)23(13(3)4)18(24)11-29-19(25)14-9-17(16(21)10-15(14)20)30(26,27)22-5-7-28-8-6-22/h9-10,12-13H,5-8,11H2,1-4H3. The monoisotopic (exact) mass is 480 g/mol. The zero-order chi connectivity index (χ0) is 22.6. The molecule has 0 radical (unpaired) electrons. The van der Waals surface area contributed by atoms with Gasteiger partial charge in [0.2, 0.25) is 10.0 Å². The van der Waals surface area contributed by atoms with E-state index in [1.807, 2.05) is 27.7 Å². The molecule has 2 rings (SSSR count). The van der Waals surface area contributed by atoms with E-state index >= 15 is 0 Å². The van der Waals surface area contributed by atoms with Crippen molar-refractivity contribution in [2.45, 2.75) is 44.7 Å². The second-order valence-electron chi connectivity index (χ2n) is 7.34. The first-order chi connectivity index (χ1) is 14.0. The van der Waals surface area contributed by atoms with Gasteiger partial charge in [0.05, 0.1) is 28.8 Å². The van der Waals surface area contributed by atoms with Gasteiger partial charge in [0.1, 0.15) is 4.90 Å². The van der Waals surface area contributed by atoms with E-state index in [4.69, 9.17) is 32.7 Å². The molecule has 30 heavy (non-hydrogen) atoms. The Kier molecular flexibility index (Phi) is 8.52. The highest BCUT2D eigenvalue weighted by Crippen LogP contribution is 2.31. The van der Waals surface area contributed by atoms with Crippen LogP contribution in [0.2, 0.25) is 10.0 Å². The summed E-state index contributed by atoms with van der Waals surface area (Å²) < 4.78 is 37.4. The van der Waals surface area contributed by atoms with Gasteiger partial charge in [-0.2, -0.15) is 4.31 Å². The van der Waals surface area contributed by atoms with E-state index in [0.717, 1.165) is 6.07 Å². The molecule has 168 valence electrons. The number of esters is 1. The van der Waals surface area contributed by atoms with Crippen LogP contribution in [0.3, 0.4) is 0 Å². The molecular weight excluding hydrogens is 455 g/mol. The summed E-state index contributed by atoms with van der Waals surface area (Å²) in [5.74, 6) is -1.27. The van der Waals surface area contributed by atoms with E-state index < -0.39 is 22.6 Å². The Hall–Kier alpha value is -1.39. The van der Waals surface area contributed by atoms with Crippen molar-refractivity contribution in [1.82, 2.24) is 9.21 Å². The van der Waals surface area contributed by atoms with E-state index in [2.05, 4.69) is 0 Å². The molecule has 0 spiro atoms. The van der Waals surface area contributed by atoms with Gasteiger partial charge in [-0.3, -0.25) is 4.79 Å². The molecule has 1 aliphatic heterocycles. The summed E-state index contributed by atoms with van der Waals surface area (Å²) in [4.78, 5) is 26.3. The SMILES string of the molecule is CC(C)N(C(=O)COC(=O)c1cc(S(=O)(=O)N2CCOCC2)c(Cl)cc1Cl)C(C)C. The van der Waals surface area contributed by atoms with Gasteiger partial charge in [0.15, 0.2) is 6.61 Å². The minimum Gasteiger partial charge on any atom is -0.452 e. The summed E-state index contributed by atoms with van der Waals surface area (Å²) in [5, 5.41) is -0.173. The van der Waals surface area contributed by atoms with Gasteiger partial charge in [-0.1, -0.05) is 23.2 Å². The van der Waals surface area contributed by atoms with Crippen LogP contribution in [-0.4, -0.2) is 74.5 Å². The number of rotatable bonds is 7. The maximum atomic E-state index is 12.9. The molecule has 0 N–H and O–H groups in total. The zero-order valence-corrected chi connectivity index (χ0v) is 19.7. The predicted molar refractivity (Wildman–Crippen MR) is 113 cm³/mol. The highest BCUT2D eigenvalue weighted by Gasteiger charge is 2.30. The molecule has 1 amide bonds. The zero-order valence-electron chi connectivity index (χ0n) is 17.4. The quantitative estimate of drug-likeness (QED) is 0.556. The van der Waals surface area contributed by atoms with Crippen LogP contribution in [-0.2, 0) is 24.3 Å². The van der Waals surface area contributed by atoms with E-state index in [0.29, 0.717) is 0 Å². The number of hydrogen-bond donors (Lipinski definition) is 0. The van der Waals surface area contributed by atoms with E-state index in [1.165, 1.54) is 10.4 Å². The first kappa shape index (κ1) is 24.9. The van der Waals surface area contributed by atoms with Crippen molar-refractivity contribution < 1.29 is 27.5 Å². The maximum Gasteiger partial charge on any atom is 0.340 e. The van der Waals surface area contributed by atoms with Crippen molar-refractivity contribution in [1.29, 1.82) is 0 Å². The molecule has 1 aliphatic rings. The van der Waals surface area contributed by atoms with Crippen LogP contribution < -0.4 is 0 Å². The molecule has 0 bridgehead atoms. The molecule has 0 saturated carbocycles. The smallest absolute Gasteiger partial charge is 0.340 e. The number of sulfonamides is 1. The number of nitrogens with zero attached hydrogens (tertiary/aromatic N) is 2. The highest BCUT2D eigenvalue weighted by molar-refractivity contribution is 7.89. The molecule has 1 heterocycles. The second kappa shape index (κ2) is 10.3. The van der Waals surface area contributed by atoms with Gasteiger partial charge < -0.3 is 14.4 Å². The Morgan fingerprint density at radius 2 is 1.67 bits per heavy atom. The summed E-state index contributed by atoms with van der Waals surface area (Å²) in [6.45, 7) is 7.84. The molecule has 0 aromatic heterocycles. The van der Waals surface area contributed by atoms with Gasteiger partial charge in [-0.25, -0.2) is 13.2 Å². The predicted octanol–water partition coefficient (Wildman–Crippen LogP) is 2.82. The van der Waals surface area contributed by atoms with Crippen molar-refractivity contribution in [3.63, 3.8) is 0 Å². The summed E-state index contributed by atoms with van der Waals surface area (Å²) in [6.07, 6.45) is 0. The number of halogens is 2. The fourth-order valence-corrected chi connectivity index (χ4v) is 5.49. The normalized spacial score (nSPS) is 15.5. The molecule has 1 fully saturated rings. The average molecular weight is 481 g/mol. The van der Waals surface area contributed by atoms with Gasteiger partial charge in [-0.15, -0.1) is 0 Å². The summed E-state index contributed by atoms with van der Waals surface area (Å²) in [7, 11) is -3.95. The molecule has 0 unspecified atom stereocenters. The number of amides is 1. The largest absolute Gasteiger partial charge is 0.452 e. The van der Waals surface area contributed by atoms with Crippen LogP contribution in [0.1, 0.15) is 38.1 Å². The van der Waals surface area contributed by atoms with E-state index in [9.17, 15) is 18.0 Å². The summed E-state index contributed by atoms with van der Waals surface area (Å²) in [6, 6.07) is 2.13. The Morgan fingerprint density at radius 1 is 1.10 bits per heavy atom. The van der Waals surface area contributed by atoms with Crippen molar-refractivity contribution in [2.24, 2.45) is 0 Å². The average Bonchev–Trinajstić information content (AvgIpc) is 2.66. The highest BCUT2D eigenvalue weighted by atomic mass is 35.5. The van der Waals surface area contributed by atoms with Crippen LogP contribution in [0, 0.1) is 0 Å². The molecule has 0 aliphatic carbocycles. The van der Waals surface area contributed by atoms with Gasteiger partial charge in [-0.05, 0) is 39.8 Å². The minimum absolute atomic E-state index is 0.0667. The van der Waals surface area contributed by atoms with Gasteiger partial charge in [0.25, 0.3) is 5.91 Å². The molecule has 1 saturated heterocycles. The lowest BCUT2D eigenvalue weighted by atomic mass is 10.2. The number of morpholine rings is 1. The van der Waals surface area contributed by atoms with Crippen molar-refractivity contribution in [3.8, 4) is 0 Å². The fourth-order valence-electron chi connectivity index (χ4n) is 3.26. The Bertz CT molecular complexity index is 891. The number of benzene rings is 1. The van der Waals surface area contributed by atoms with Crippen LogP contribution in [0.4, 0.5) is 0 Å². The lowest BCUT2D eigenvalue weighted by Gasteiger charge is -2.30. The van der Waals surface area contributed by atoms with Crippen LogP contribution in [0.25, 0.3) is 0 Å². The Labute approximate surface area is 187 Å². The second-order valence-corrected chi connectivity index (χ2v) is 10.1. The lowest BCUT2D eigenvalue weighted by molar-refractivity contribution is -0.138. The molecule has 8 nitrogen and oxygen atoms in total. The third-order valence-electron chi connectivity index (χ3n) is 4.56. The van der Waals surface area contributed by atoms with Crippen LogP contribution in [0.15, 0.2) is 17.0 Å². The van der Waals surface area contributed by atoms with Crippen molar-refractivity contribution in [2.75, 3.05) is 32.9 Å². The topological polar surface area (TPSA) is 93.2 Å². The summed E-state index contributed by atoms with van der Waals surface area (Å²) in [5.41, 5.74) is -0.179. The fraction of sp³-hybridized carbons (Fsp3) is 0.579. The van der Waals surface area contributed by atoms with Crippen molar-refractivity contribution in [3.05, 3.63) is 27.7 Å². The minimum atomic E-state index is -3.95. The van der Waals surface area contributed by atoms with E-state index in [1.54, 1.807) is 4.90 Å². The van der Waals surface area contributed by atoms with Crippen LogP contribution in [0.5, 0.6) is 0 Å². The Balaban J connectivity index is 2.24. The molecule has 0 atom stereocenters. The molecular formula is C19H26Cl2N2O6S. The maximum absolute atomic E-state index is 12.9. The number of hydrogen-bond acceptors (Lipinski definition) is 6. The number of carbonyl (C=O) groups excluding carboxylic acids is 2. The van der Waals surface area contributed by atoms with Gasteiger partial charge in [0, 0.05) is 25.2 Å². The number of carbonyl (C=O) groups is 2. The third-order valence-corrected chi connectivity index (χ3v) is 7.23. The molecule has 11 heteroatoms. The Morgan fingerprint density at radius 3 is 2.20 bits per heavy atom. The number of ether oxygens (including phenoxy) is 2. The summed E-state index contributed by atoms with van der Waals surface area (Å²) >= 11 is 12.2. The third kappa shape index (κ3) is 5.64. The molecule has 1 aromatic rings. The van der Waals surface area contributed by atoms with E-state index in [-0.39, 0.29) is 64.8 Å².